The average molecular weight is 709 g/mol. The molecule has 0 aliphatic rings. The molecule has 0 spiro atoms. The van der Waals surface area contributed by atoms with Crippen molar-refractivity contribution in [3.63, 3.8) is 0 Å². The Kier molecular flexibility index (Phi) is 44.1. The van der Waals surface area contributed by atoms with Crippen molar-refractivity contribution in [3.8, 4) is 0 Å². The summed E-state index contributed by atoms with van der Waals surface area (Å²) in [5.74, 6) is 0. The van der Waals surface area contributed by atoms with Gasteiger partial charge in [-0.3, -0.25) is 0 Å². The van der Waals surface area contributed by atoms with Crippen molar-refractivity contribution in [2.24, 2.45) is 5.18 Å². The smallest absolute Gasteiger partial charge is 0.0823 e. The van der Waals surface area contributed by atoms with Crippen LogP contribution >= 0.6 is 0 Å². The second-order valence-corrected chi connectivity index (χ2v) is 15.8. The molecule has 0 saturated carbocycles. The first-order valence-electron chi connectivity index (χ1n) is 22.9. The second-order valence-electron chi connectivity index (χ2n) is 15.8. The standard InChI is InChI=1S/C44H92N4O2/c1-3-5-7-9-11-13-15-17-19-21-23-25-27-29-31-33-39-47(43-44-48(41-35-37-45-49)42-36-38-46-50)40-34-32-30-28-26-24-22-20-18-16-14-12-10-8-6-4-2/h45,49H,3-44H2,1-2H3. The second kappa shape index (κ2) is 44.6. The van der Waals surface area contributed by atoms with E-state index in [2.05, 4.69) is 34.3 Å². The SMILES string of the molecule is CCCCCCCCCCCCCCCCCCN(CCCCCCCCCCCCCCCCCC)CCN(CCCN=O)CCCNO. The first kappa shape index (κ1) is 49.4. The van der Waals surface area contributed by atoms with Crippen LogP contribution in [0, 0.1) is 4.91 Å². The fourth-order valence-corrected chi connectivity index (χ4v) is 7.46. The zero-order valence-corrected chi connectivity index (χ0v) is 34.4. The maximum atomic E-state index is 10.6. The molecule has 0 atom stereocenters. The lowest BCUT2D eigenvalue weighted by molar-refractivity contribution is 0.152. The van der Waals surface area contributed by atoms with Gasteiger partial charge in [-0.15, -0.1) is 0 Å². The summed E-state index contributed by atoms with van der Waals surface area (Å²) in [6.07, 6.45) is 47.2. The quantitative estimate of drug-likeness (QED) is 0.0374. The Balaban J connectivity index is 4.15. The summed E-state index contributed by atoms with van der Waals surface area (Å²) in [5, 5.41) is 12.1. The minimum absolute atomic E-state index is 0.400. The van der Waals surface area contributed by atoms with E-state index in [0.717, 1.165) is 39.0 Å². The highest BCUT2D eigenvalue weighted by atomic mass is 16.5. The van der Waals surface area contributed by atoms with E-state index in [0.29, 0.717) is 13.1 Å². The van der Waals surface area contributed by atoms with Crippen molar-refractivity contribution in [1.82, 2.24) is 15.3 Å². The molecule has 0 rings (SSSR count). The van der Waals surface area contributed by atoms with Crippen molar-refractivity contribution in [2.45, 2.75) is 232 Å². The summed E-state index contributed by atoms with van der Waals surface area (Å²) in [5.41, 5.74) is 2.30. The first-order valence-corrected chi connectivity index (χ1v) is 22.9. The minimum atomic E-state index is 0.400. The van der Waals surface area contributed by atoms with E-state index in [1.54, 1.807) is 0 Å². The molecular formula is C44H92N4O2. The van der Waals surface area contributed by atoms with Crippen LogP contribution in [-0.4, -0.2) is 67.4 Å². The molecule has 50 heavy (non-hydrogen) atoms. The van der Waals surface area contributed by atoms with Crippen LogP contribution in [0.1, 0.15) is 232 Å². The normalized spacial score (nSPS) is 11.8. The minimum Gasteiger partial charge on any atom is -0.317 e. The number of nitroso groups, excluding NO2 is 1. The number of hydrogen-bond donors (Lipinski definition) is 2. The van der Waals surface area contributed by atoms with Crippen LogP contribution in [0.15, 0.2) is 5.18 Å². The summed E-state index contributed by atoms with van der Waals surface area (Å²) in [4.78, 5) is 15.8. The fraction of sp³-hybridized carbons (Fsp3) is 1.00. The number of hydroxylamine groups is 1. The van der Waals surface area contributed by atoms with E-state index >= 15 is 0 Å². The third-order valence-corrected chi connectivity index (χ3v) is 10.9. The highest BCUT2D eigenvalue weighted by molar-refractivity contribution is 4.66. The molecule has 0 aromatic carbocycles. The van der Waals surface area contributed by atoms with Crippen LogP contribution < -0.4 is 5.48 Å². The van der Waals surface area contributed by atoms with Gasteiger partial charge < -0.3 is 15.0 Å². The average Bonchev–Trinajstić information content (AvgIpc) is 3.12. The van der Waals surface area contributed by atoms with Crippen LogP contribution in [0.5, 0.6) is 0 Å². The Labute approximate surface area is 314 Å². The Morgan fingerprint density at radius 1 is 0.360 bits per heavy atom. The molecule has 2 N–H and O–H groups in total. The van der Waals surface area contributed by atoms with Gasteiger partial charge in [0.1, 0.15) is 0 Å². The summed E-state index contributed by atoms with van der Waals surface area (Å²) < 4.78 is 0. The predicted octanol–water partition coefficient (Wildman–Crippen LogP) is 13.6. The van der Waals surface area contributed by atoms with Crippen LogP contribution in [0.4, 0.5) is 0 Å². The van der Waals surface area contributed by atoms with Crippen molar-refractivity contribution < 1.29 is 5.21 Å². The zero-order chi connectivity index (χ0) is 36.3. The van der Waals surface area contributed by atoms with Gasteiger partial charge in [-0.25, -0.2) is 5.48 Å². The third-order valence-electron chi connectivity index (χ3n) is 10.9. The Bertz CT molecular complexity index is 587. The number of unbranched alkanes of at least 4 members (excludes halogenated alkanes) is 30. The molecule has 0 amide bonds. The summed E-state index contributed by atoms with van der Waals surface area (Å²) in [7, 11) is 0. The number of rotatable bonds is 45. The van der Waals surface area contributed by atoms with Crippen LogP contribution in [0.2, 0.25) is 0 Å². The molecule has 0 aliphatic heterocycles. The Morgan fingerprint density at radius 2 is 0.620 bits per heavy atom. The van der Waals surface area contributed by atoms with E-state index in [9.17, 15) is 4.91 Å². The lowest BCUT2D eigenvalue weighted by Gasteiger charge is -2.28. The highest BCUT2D eigenvalue weighted by Crippen LogP contribution is 2.16. The molecule has 0 fully saturated rings. The lowest BCUT2D eigenvalue weighted by Crippen LogP contribution is -2.38. The molecule has 0 aromatic heterocycles. The highest BCUT2D eigenvalue weighted by Gasteiger charge is 2.10. The van der Waals surface area contributed by atoms with Gasteiger partial charge in [0.05, 0.1) is 6.54 Å². The maximum Gasteiger partial charge on any atom is 0.0823 e. The van der Waals surface area contributed by atoms with Gasteiger partial charge in [-0.05, 0) is 45.3 Å². The Hall–Kier alpha value is -0.560. The first-order chi connectivity index (χ1) is 24.8. The largest absolute Gasteiger partial charge is 0.317 e. The molecule has 6 nitrogen and oxygen atoms in total. The van der Waals surface area contributed by atoms with E-state index in [-0.39, 0.29) is 0 Å². The zero-order valence-electron chi connectivity index (χ0n) is 34.4. The molecule has 0 heterocycles. The van der Waals surface area contributed by atoms with Crippen molar-refractivity contribution in [1.29, 1.82) is 0 Å². The van der Waals surface area contributed by atoms with Crippen molar-refractivity contribution >= 4 is 0 Å². The molecular weight excluding hydrogens is 617 g/mol. The summed E-state index contributed by atoms with van der Waals surface area (Å²) in [6.45, 7) is 12.1. The van der Waals surface area contributed by atoms with Crippen LogP contribution in [-0.2, 0) is 0 Å². The molecule has 0 bridgehead atoms. The van der Waals surface area contributed by atoms with Crippen LogP contribution in [0.25, 0.3) is 0 Å². The third kappa shape index (κ3) is 40.2. The van der Waals surface area contributed by atoms with Gasteiger partial charge in [0.2, 0.25) is 0 Å². The van der Waals surface area contributed by atoms with E-state index in [1.807, 2.05) is 0 Å². The van der Waals surface area contributed by atoms with Crippen LogP contribution in [0.3, 0.4) is 0 Å². The molecule has 0 radical (unpaired) electrons. The molecule has 0 aromatic rings. The number of nitrogens with zero attached hydrogens (tertiary/aromatic N) is 3. The topological polar surface area (TPSA) is 68.2 Å². The monoisotopic (exact) mass is 709 g/mol. The molecule has 0 saturated heterocycles. The van der Waals surface area contributed by atoms with Gasteiger partial charge in [-0.1, -0.05) is 212 Å². The predicted molar refractivity (Wildman–Crippen MR) is 222 cm³/mol. The maximum absolute atomic E-state index is 10.6. The number of hydrogen-bond acceptors (Lipinski definition) is 6. The molecule has 0 aliphatic carbocycles. The van der Waals surface area contributed by atoms with Crippen molar-refractivity contribution in [2.75, 3.05) is 52.4 Å². The van der Waals surface area contributed by atoms with Gasteiger partial charge in [0.15, 0.2) is 0 Å². The Morgan fingerprint density at radius 3 is 0.900 bits per heavy atom. The number of nitrogens with one attached hydrogen (secondary N) is 1. The van der Waals surface area contributed by atoms with Gasteiger partial charge in [-0.2, -0.15) is 4.91 Å². The summed E-state index contributed by atoms with van der Waals surface area (Å²) >= 11 is 0. The van der Waals surface area contributed by atoms with Gasteiger partial charge >= 0.3 is 0 Å². The molecule has 0 unspecified atom stereocenters. The lowest BCUT2D eigenvalue weighted by atomic mass is 10.0. The van der Waals surface area contributed by atoms with E-state index in [1.165, 1.54) is 219 Å². The molecule has 300 valence electrons. The van der Waals surface area contributed by atoms with Crippen molar-refractivity contribution in [3.05, 3.63) is 4.91 Å². The van der Waals surface area contributed by atoms with E-state index in [4.69, 9.17) is 5.21 Å². The van der Waals surface area contributed by atoms with Gasteiger partial charge in [0, 0.05) is 26.2 Å². The van der Waals surface area contributed by atoms with Gasteiger partial charge in [0.25, 0.3) is 0 Å². The fourth-order valence-electron chi connectivity index (χ4n) is 7.46. The molecule has 6 heteroatoms. The summed E-state index contributed by atoms with van der Waals surface area (Å²) in [6, 6.07) is 0. The van der Waals surface area contributed by atoms with E-state index < -0.39 is 0 Å².